The van der Waals surface area contributed by atoms with Crippen molar-refractivity contribution in [3.63, 3.8) is 0 Å². The van der Waals surface area contributed by atoms with E-state index >= 15 is 0 Å². The number of anilines is 1. The molecule has 1 saturated heterocycles. The number of carbonyl (C=O) groups is 1. The van der Waals surface area contributed by atoms with E-state index in [1.165, 1.54) is 28.6 Å². The number of aromatic nitrogens is 2. The number of aliphatic hydroxyl groups is 1. The molecule has 0 bridgehead atoms. The number of benzene rings is 3. The van der Waals surface area contributed by atoms with Crippen LogP contribution in [0.4, 0.5) is 5.82 Å². The standard InChI is InChI=1S/C31H35N4O7PS/c1-20(2)29(30(37)40-18-21-8-4-3-5-9-21)34-43(39,42-24-13-12-22-10-6-7-11-23(22)16-24)41-19-26-25(36)17-28(44-26)35-15-14-27(32)33-31(35)38/h3-16,20,25-26,28-29,36H,17-19H2,1-2H3,(H,34,39)(H2,32,33,38)/t25-,26-,28-,29+,43?/m1/s1. The molecule has 0 amide bonds. The predicted octanol–water partition coefficient (Wildman–Crippen LogP) is 4.91. The average Bonchev–Trinajstić information content (AvgIpc) is 3.38. The molecule has 1 unspecified atom stereocenters. The van der Waals surface area contributed by atoms with Crippen molar-refractivity contribution in [2.24, 2.45) is 5.92 Å². The second-order valence-electron chi connectivity index (χ2n) is 10.8. The molecule has 1 aromatic heterocycles. The van der Waals surface area contributed by atoms with Crippen molar-refractivity contribution in [1.29, 1.82) is 0 Å². The number of nitrogen functional groups attached to an aromatic ring is 1. The van der Waals surface area contributed by atoms with Crippen LogP contribution in [0.5, 0.6) is 5.75 Å². The molecular weight excluding hydrogens is 603 g/mol. The summed E-state index contributed by atoms with van der Waals surface area (Å²) in [7, 11) is -4.24. The van der Waals surface area contributed by atoms with Crippen LogP contribution >= 0.6 is 19.5 Å². The fourth-order valence-electron chi connectivity index (χ4n) is 4.77. The van der Waals surface area contributed by atoms with Gasteiger partial charge in [-0.15, -0.1) is 11.8 Å². The van der Waals surface area contributed by atoms with E-state index in [2.05, 4.69) is 10.1 Å². The van der Waals surface area contributed by atoms with Gasteiger partial charge in [0.2, 0.25) is 0 Å². The highest BCUT2D eigenvalue weighted by Gasteiger charge is 2.40. The highest BCUT2D eigenvalue weighted by molar-refractivity contribution is 8.00. The summed E-state index contributed by atoms with van der Waals surface area (Å²) in [5, 5.41) is 14.5. The maximum Gasteiger partial charge on any atom is 0.459 e. The lowest BCUT2D eigenvalue weighted by atomic mass is 10.1. The molecule has 0 aliphatic carbocycles. The van der Waals surface area contributed by atoms with E-state index in [4.69, 9.17) is 19.5 Å². The van der Waals surface area contributed by atoms with Crippen LogP contribution in [0, 0.1) is 5.92 Å². The number of hydrogen-bond donors (Lipinski definition) is 3. The van der Waals surface area contributed by atoms with E-state index in [1.54, 1.807) is 26.0 Å². The van der Waals surface area contributed by atoms with Crippen molar-refractivity contribution in [3.8, 4) is 5.75 Å². The number of thioether (sulfide) groups is 1. The number of ether oxygens (including phenoxy) is 1. The molecule has 4 N–H and O–H groups in total. The first-order chi connectivity index (χ1) is 21.1. The van der Waals surface area contributed by atoms with Crippen LogP contribution in [0.25, 0.3) is 10.8 Å². The quantitative estimate of drug-likeness (QED) is 0.143. The van der Waals surface area contributed by atoms with Gasteiger partial charge in [-0.3, -0.25) is 13.9 Å². The third kappa shape index (κ3) is 7.88. The summed E-state index contributed by atoms with van der Waals surface area (Å²) >= 11 is 1.29. The number of rotatable bonds is 12. The molecule has 0 saturated carbocycles. The van der Waals surface area contributed by atoms with Crippen LogP contribution in [-0.2, 0) is 25.2 Å². The Hall–Kier alpha value is -3.67. The molecule has 232 valence electrons. The number of nitrogens with one attached hydrogen (secondary N) is 1. The fraction of sp³-hybridized carbons (Fsp3) is 0.323. The minimum atomic E-state index is -4.24. The number of aliphatic hydroxyl groups excluding tert-OH is 1. The monoisotopic (exact) mass is 638 g/mol. The van der Waals surface area contributed by atoms with E-state index < -0.39 is 42.2 Å². The molecule has 1 fully saturated rings. The van der Waals surface area contributed by atoms with Gasteiger partial charge in [0, 0.05) is 12.6 Å². The minimum Gasteiger partial charge on any atom is -0.460 e. The number of esters is 1. The Balaban J connectivity index is 1.35. The zero-order valence-corrected chi connectivity index (χ0v) is 26.0. The maximum atomic E-state index is 14.4. The van der Waals surface area contributed by atoms with Crippen LogP contribution < -0.4 is 21.0 Å². The Morgan fingerprint density at radius 3 is 2.57 bits per heavy atom. The minimum absolute atomic E-state index is 0.0485. The first kappa shape index (κ1) is 31.7. The summed E-state index contributed by atoms with van der Waals surface area (Å²) in [6, 6.07) is 22.6. The van der Waals surface area contributed by atoms with Gasteiger partial charge < -0.3 is 20.1 Å². The Labute approximate surface area is 259 Å². The van der Waals surface area contributed by atoms with Crippen LogP contribution in [-0.4, -0.2) is 44.6 Å². The summed E-state index contributed by atoms with van der Waals surface area (Å²) in [6.07, 6.45) is 0.899. The molecule has 1 aliphatic rings. The molecule has 1 aliphatic heterocycles. The Kier molecular flexibility index (Phi) is 10.1. The first-order valence-electron chi connectivity index (χ1n) is 14.2. The summed E-state index contributed by atoms with van der Waals surface area (Å²) < 4.78 is 33.3. The van der Waals surface area contributed by atoms with Gasteiger partial charge in [0.15, 0.2) is 0 Å². The SMILES string of the molecule is CC(C)[C@H](NP(=O)(OC[C@H]1S[C@@H](n2ccc(N)nc2=O)C[C@H]1O)Oc1ccc2ccccc2c1)C(=O)OCc1ccccc1. The van der Waals surface area contributed by atoms with Gasteiger partial charge in [0.25, 0.3) is 0 Å². The second kappa shape index (κ2) is 14.0. The van der Waals surface area contributed by atoms with Crippen molar-refractivity contribution in [1.82, 2.24) is 14.6 Å². The molecule has 0 spiro atoms. The second-order valence-corrected chi connectivity index (χ2v) is 13.9. The molecule has 44 heavy (non-hydrogen) atoms. The highest BCUT2D eigenvalue weighted by atomic mass is 32.2. The van der Waals surface area contributed by atoms with E-state index in [9.17, 15) is 19.3 Å². The molecular formula is C31H35N4O7PS. The summed E-state index contributed by atoms with van der Waals surface area (Å²) in [6.45, 7) is 3.44. The van der Waals surface area contributed by atoms with Crippen LogP contribution in [0.15, 0.2) is 89.9 Å². The van der Waals surface area contributed by atoms with Crippen molar-refractivity contribution < 1.29 is 28.3 Å². The van der Waals surface area contributed by atoms with Crippen molar-refractivity contribution >= 4 is 42.1 Å². The summed E-state index contributed by atoms with van der Waals surface area (Å²) in [5.41, 5.74) is 5.90. The lowest BCUT2D eigenvalue weighted by molar-refractivity contribution is -0.148. The van der Waals surface area contributed by atoms with Crippen LogP contribution in [0.1, 0.15) is 31.2 Å². The topological polar surface area (TPSA) is 155 Å². The van der Waals surface area contributed by atoms with Gasteiger partial charge in [0.1, 0.15) is 24.2 Å². The Morgan fingerprint density at radius 1 is 1.11 bits per heavy atom. The number of carbonyl (C=O) groups excluding carboxylic acids is 1. The Morgan fingerprint density at radius 2 is 1.84 bits per heavy atom. The lowest BCUT2D eigenvalue weighted by Crippen LogP contribution is -2.42. The van der Waals surface area contributed by atoms with Crippen molar-refractivity contribution in [3.05, 3.63) is 101 Å². The van der Waals surface area contributed by atoms with Crippen LogP contribution in [0.2, 0.25) is 0 Å². The Bertz CT molecular complexity index is 1700. The van der Waals surface area contributed by atoms with E-state index in [-0.39, 0.29) is 37.1 Å². The van der Waals surface area contributed by atoms with E-state index in [1.807, 2.05) is 60.7 Å². The molecule has 3 aromatic carbocycles. The van der Waals surface area contributed by atoms with Crippen molar-refractivity contribution in [2.75, 3.05) is 12.3 Å². The number of hydrogen-bond acceptors (Lipinski definition) is 10. The molecule has 2 heterocycles. The largest absolute Gasteiger partial charge is 0.460 e. The normalized spacial score (nSPS) is 20.3. The van der Waals surface area contributed by atoms with E-state index in [0.717, 1.165) is 16.3 Å². The molecule has 11 nitrogen and oxygen atoms in total. The van der Waals surface area contributed by atoms with E-state index in [0.29, 0.717) is 0 Å². The van der Waals surface area contributed by atoms with Gasteiger partial charge in [-0.05, 0) is 40.5 Å². The maximum absolute atomic E-state index is 14.4. The number of fused-ring (bicyclic) bond motifs is 1. The van der Waals surface area contributed by atoms with Crippen LogP contribution in [0.3, 0.4) is 0 Å². The predicted molar refractivity (Wildman–Crippen MR) is 170 cm³/mol. The third-order valence-corrected chi connectivity index (χ3v) is 10.2. The number of nitrogens with zero attached hydrogens (tertiary/aromatic N) is 2. The highest BCUT2D eigenvalue weighted by Crippen LogP contribution is 2.49. The average molecular weight is 639 g/mol. The smallest absolute Gasteiger partial charge is 0.459 e. The third-order valence-electron chi connectivity index (χ3n) is 7.16. The molecule has 4 aromatic rings. The van der Waals surface area contributed by atoms with Gasteiger partial charge in [-0.2, -0.15) is 10.1 Å². The van der Waals surface area contributed by atoms with Gasteiger partial charge in [-0.25, -0.2) is 9.36 Å². The molecule has 13 heteroatoms. The summed E-state index contributed by atoms with van der Waals surface area (Å²) in [4.78, 5) is 29.4. The first-order valence-corrected chi connectivity index (χ1v) is 16.7. The summed E-state index contributed by atoms with van der Waals surface area (Å²) in [5.74, 6) is -0.567. The number of nitrogens with two attached hydrogens (primary N) is 1. The van der Waals surface area contributed by atoms with Gasteiger partial charge >= 0.3 is 19.4 Å². The molecule has 0 radical (unpaired) electrons. The van der Waals surface area contributed by atoms with Crippen molar-refractivity contribution in [2.45, 2.75) is 49.6 Å². The van der Waals surface area contributed by atoms with Gasteiger partial charge in [-0.1, -0.05) is 74.5 Å². The van der Waals surface area contributed by atoms with Gasteiger partial charge in [0.05, 0.1) is 23.3 Å². The zero-order chi connectivity index (χ0) is 31.3. The fourth-order valence-corrected chi connectivity index (χ4v) is 7.98. The molecule has 5 atom stereocenters. The lowest BCUT2D eigenvalue weighted by Gasteiger charge is -2.27. The molecule has 5 rings (SSSR count). The zero-order valence-electron chi connectivity index (χ0n) is 24.3.